The number of hydrogen-bond acceptors (Lipinski definition) is 5. The van der Waals surface area contributed by atoms with Gasteiger partial charge in [-0.25, -0.2) is 0 Å². The molecule has 0 spiro atoms. The summed E-state index contributed by atoms with van der Waals surface area (Å²) in [5, 5.41) is 10.9. The Morgan fingerprint density at radius 1 is 1.64 bits per heavy atom. The summed E-state index contributed by atoms with van der Waals surface area (Å²) in [5.41, 5.74) is 5.53. The average molecular weight is 212 g/mol. The van der Waals surface area contributed by atoms with Gasteiger partial charge in [-0.1, -0.05) is 25.2 Å². The van der Waals surface area contributed by atoms with Gasteiger partial charge in [0.25, 0.3) is 0 Å². The standard InChI is InChI=1S/C8H12N4OS/c1-8(2)3-4(8)5(13)10-7-12-11-6(9)14-7/h4H,3H2,1-2H3,(H2,9,11)(H,10,12,13). The van der Waals surface area contributed by atoms with E-state index < -0.39 is 0 Å². The topological polar surface area (TPSA) is 80.9 Å². The molecule has 76 valence electrons. The number of nitrogens with one attached hydrogen (secondary N) is 1. The Morgan fingerprint density at radius 2 is 2.29 bits per heavy atom. The van der Waals surface area contributed by atoms with Crippen molar-refractivity contribution >= 4 is 27.5 Å². The van der Waals surface area contributed by atoms with Crippen molar-refractivity contribution in [2.24, 2.45) is 11.3 Å². The molecule has 5 nitrogen and oxygen atoms in total. The number of carbonyl (C=O) groups excluding carboxylic acids is 1. The van der Waals surface area contributed by atoms with Gasteiger partial charge in [0.15, 0.2) is 0 Å². The fraction of sp³-hybridized carbons (Fsp3) is 0.625. The zero-order valence-electron chi connectivity index (χ0n) is 8.07. The molecule has 1 aliphatic carbocycles. The van der Waals surface area contributed by atoms with Crippen LogP contribution < -0.4 is 11.1 Å². The minimum Gasteiger partial charge on any atom is -0.374 e. The van der Waals surface area contributed by atoms with Gasteiger partial charge in [0.1, 0.15) is 0 Å². The van der Waals surface area contributed by atoms with Crippen LogP contribution in [0, 0.1) is 11.3 Å². The van der Waals surface area contributed by atoms with Crippen LogP contribution in [0.5, 0.6) is 0 Å². The van der Waals surface area contributed by atoms with Gasteiger partial charge >= 0.3 is 0 Å². The lowest BCUT2D eigenvalue weighted by atomic mass is 10.1. The second-order valence-electron chi connectivity index (χ2n) is 4.18. The lowest BCUT2D eigenvalue weighted by molar-refractivity contribution is -0.118. The summed E-state index contributed by atoms with van der Waals surface area (Å²) in [6, 6.07) is 0. The molecule has 1 aromatic rings. The zero-order chi connectivity index (χ0) is 10.3. The normalized spacial score (nSPS) is 23.1. The third-order valence-electron chi connectivity index (χ3n) is 2.50. The van der Waals surface area contributed by atoms with Crippen LogP contribution >= 0.6 is 11.3 Å². The fourth-order valence-corrected chi connectivity index (χ4v) is 1.91. The Labute approximate surface area is 85.7 Å². The van der Waals surface area contributed by atoms with Crippen molar-refractivity contribution in [3.8, 4) is 0 Å². The molecule has 1 saturated carbocycles. The Hall–Kier alpha value is -1.17. The molecule has 1 aromatic heterocycles. The summed E-state index contributed by atoms with van der Waals surface area (Å²) < 4.78 is 0. The molecule has 0 radical (unpaired) electrons. The summed E-state index contributed by atoms with van der Waals surface area (Å²) in [5.74, 6) is 0.124. The quantitative estimate of drug-likeness (QED) is 0.769. The minimum atomic E-state index is 0.0196. The minimum absolute atomic E-state index is 0.0196. The highest BCUT2D eigenvalue weighted by molar-refractivity contribution is 7.18. The van der Waals surface area contributed by atoms with E-state index in [1.54, 1.807) is 0 Å². The van der Waals surface area contributed by atoms with E-state index in [2.05, 4.69) is 29.4 Å². The number of nitrogens with two attached hydrogens (primary N) is 1. The van der Waals surface area contributed by atoms with Crippen molar-refractivity contribution in [3.05, 3.63) is 0 Å². The van der Waals surface area contributed by atoms with Crippen LogP contribution in [0.4, 0.5) is 10.3 Å². The van der Waals surface area contributed by atoms with Crippen LogP contribution in [0.3, 0.4) is 0 Å². The third-order valence-corrected chi connectivity index (χ3v) is 3.17. The maximum absolute atomic E-state index is 11.6. The largest absolute Gasteiger partial charge is 0.374 e. The van der Waals surface area contributed by atoms with E-state index in [-0.39, 0.29) is 17.2 Å². The molecule has 0 aromatic carbocycles. The molecule has 1 aliphatic rings. The summed E-state index contributed by atoms with van der Waals surface area (Å²) in [7, 11) is 0. The highest BCUT2D eigenvalue weighted by Gasteiger charge is 2.50. The van der Waals surface area contributed by atoms with E-state index in [1.165, 1.54) is 11.3 Å². The molecule has 1 atom stereocenters. The first kappa shape index (κ1) is 9.39. The first-order valence-corrected chi connectivity index (χ1v) is 5.20. The lowest BCUT2D eigenvalue weighted by Gasteiger charge is -2.01. The monoisotopic (exact) mass is 212 g/mol. The Morgan fingerprint density at radius 3 is 2.71 bits per heavy atom. The molecule has 1 fully saturated rings. The summed E-state index contributed by atoms with van der Waals surface area (Å²) in [6.45, 7) is 4.15. The summed E-state index contributed by atoms with van der Waals surface area (Å²) in [4.78, 5) is 11.6. The van der Waals surface area contributed by atoms with Gasteiger partial charge < -0.3 is 11.1 Å². The van der Waals surface area contributed by atoms with Crippen molar-refractivity contribution in [2.75, 3.05) is 11.1 Å². The summed E-state index contributed by atoms with van der Waals surface area (Å²) >= 11 is 1.19. The number of rotatable bonds is 2. The second kappa shape index (κ2) is 2.91. The molecule has 14 heavy (non-hydrogen) atoms. The van der Waals surface area contributed by atoms with E-state index in [0.29, 0.717) is 10.3 Å². The van der Waals surface area contributed by atoms with Crippen LogP contribution in [0.2, 0.25) is 0 Å². The first-order valence-electron chi connectivity index (χ1n) is 4.39. The van der Waals surface area contributed by atoms with Crippen molar-refractivity contribution in [1.82, 2.24) is 10.2 Å². The molecular formula is C8H12N4OS. The molecule has 3 N–H and O–H groups in total. The Balaban J connectivity index is 1.96. The van der Waals surface area contributed by atoms with Gasteiger partial charge in [-0.15, -0.1) is 10.2 Å². The molecule has 1 unspecified atom stereocenters. The number of carbonyl (C=O) groups is 1. The Kier molecular flexibility index (Phi) is 1.95. The number of hydrogen-bond donors (Lipinski definition) is 2. The van der Waals surface area contributed by atoms with Crippen molar-refractivity contribution in [1.29, 1.82) is 0 Å². The fourth-order valence-electron chi connectivity index (χ4n) is 1.39. The van der Waals surface area contributed by atoms with Gasteiger partial charge in [0.05, 0.1) is 0 Å². The number of nitrogens with zero attached hydrogens (tertiary/aromatic N) is 2. The maximum atomic E-state index is 11.6. The van der Waals surface area contributed by atoms with E-state index in [0.717, 1.165) is 6.42 Å². The number of anilines is 2. The molecule has 0 aliphatic heterocycles. The molecule has 2 rings (SSSR count). The van der Waals surface area contributed by atoms with Gasteiger partial charge in [0.2, 0.25) is 16.2 Å². The molecule has 1 amide bonds. The van der Waals surface area contributed by atoms with Crippen molar-refractivity contribution in [3.63, 3.8) is 0 Å². The van der Waals surface area contributed by atoms with Crippen LogP contribution in [-0.2, 0) is 4.79 Å². The van der Waals surface area contributed by atoms with Gasteiger partial charge in [-0.05, 0) is 11.8 Å². The molecule has 1 heterocycles. The summed E-state index contributed by atoms with van der Waals surface area (Å²) in [6.07, 6.45) is 0.938. The lowest BCUT2D eigenvalue weighted by Crippen LogP contribution is -2.16. The third kappa shape index (κ3) is 1.70. The van der Waals surface area contributed by atoms with Crippen molar-refractivity contribution < 1.29 is 4.79 Å². The van der Waals surface area contributed by atoms with E-state index >= 15 is 0 Å². The predicted octanol–water partition coefficient (Wildman–Crippen LogP) is 1.10. The van der Waals surface area contributed by atoms with Crippen LogP contribution in [0.1, 0.15) is 20.3 Å². The molecular weight excluding hydrogens is 200 g/mol. The molecule has 0 bridgehead atoms. The highest BCUT2D eigenvalue weighted by Crippen LogP contribution is 2.52. The van der Waals surface area contributed by atoms with Crippen LogP contribution in [0.15, 0.2) is 0 Å². The zero-order valence-corrected chi connectivity index (χ0v) is 8.89. The number of nitrogen functional groups attached to an aromatic ring is 1. The number of aromatic nitrogens is 2. The number of amides is 1. The van der Waals surface area contributed by atoms with Crippen molar-refractivity contribution in [2.45, 2.75) is 20.3 Å². The van der Waals surface area contributed by atoms with Gasteiger partial charge in [-0.3, -0.25) is 4.79 Å². The van der Waals surface area contributed by atoms with Gasteiger partial charge in [-0.2, -0.15) is 0 Å². The SMILES string of the molecule is CC1(C)CC1C(=O)Nc1nnc(N)s1. The first-order chi connectivity index (χ1) is 6.49. The smallest absolute Gasteiger partial charge is 0.229 e. The maximum Gasteiger partial charge on any atom is 0.229 e. The van der Waals surface area contributed by atoms with E-state index in [1.807, 2.05) is 0 Å². The van der Waals surface area contributed by atoms with Gasteiger partial charge in [0, 0.05) is 5.92 Å². The molecule has 0 saturated heterocycles. The van der Waals surface area contributed by atoms with E-state index in [4.69, 9.17) is 5.73 Å². The van der Waals surface area contributed by atoms with Crippen LogP contribution in [0.25, 0.3) is 0 Å². The molecule has 6 heteroatoms. The Bertz CT molecular complexity index is 373. The highest BCUT2D eigenvalue weighted by atomic mass is 32.1. The predicted molar refractivity (Wildman–Crippen MR) is 54.8 cm³/mol. The van der Waals surface area contributed by atoms with Crippen LogP contribution in [-0.4, -0.2) is 16.1 Å². The second-order valence-corrected chi connectivity index (χ2v) is 5.19. The average Bonchev–Trinajstić information content (AvgIpc) is 2.51. The van der Waals surface area contributed by atoms with E-state index in [9.17, 15) is 4.79 Å².